The second-order valence-electron chi connectivity index (χ2n) is 6.92. The summed E-state index contributed by atoms with van der Waals surface area (Å²) in [6, 6.07) is 0. The van der Waals surface area contributed by atoms with Gasteiger partial charge in [0, 0.05) is 26.2 Å². The topological polar surface area (TPSA) is 80.0 Å². The Morgan fingerprint density at radius 2 is 2.05 bits per heavy atom. The molecule has 6 nitrogen and oxygen atoms in total. The van der Waals surface area contributed by atoms with Crippen LogP contribution in [0, 0.1) is 5.92 Å². The Morgan fingerprint density at radius 3 is 2.55 bits per heavy atom. The number of carbonyl (C=O) groups is 1. The van der Waals surface area contributed by atoms with Crippen LogP contribution in [0.4, 0.5) is 4.79 Å². The zero-order valence-electron chi connectivity index (χ0n) is 14.5. The maximum Gasteiger partial charge on any atom is 0.410 e. The van der Waals surface area contributed by atoms with Crippen LogP contribution >= 0.6 is 0 Å². The van der Waals surface area contributed by atoms with Crippen molar-refractivity contribution in [2.45, 2.75) is 59.0 Å². The maximum absolute atomic E-state index is 12.1. The van der Waals surface area contributed by atoms with Gasteiger partial charge in [-0.15, -0.1) is 0 Å². The minimum atomic E-state index is -0.472. The average Bonchev–Trinajstić information content (AvgIpc) is 2.33. The molecule has 0 aromatic rings. The predicted molar refractivity (Wildman–Crippen MR) is 89.9 cm³/mol. The molecule has 0 aliphatic heterocycles. The van der Waals surface area contributed by atoms with Crippen LogP contribution in [0.1, 0.15) is 53.4 Å². The molecule has 22 heavy (non-hydrogen) atoms. The lowest BCUT2D eigenvalue weighted by atomic mass is 9.86. The van der Waals surface area contributed by atoms with Crippen LogP contribution in [0.15, 0.2) is 4.99 Å². The fourth-order valence-corrected chi connectivity index (χ4v) is 2.17. The molecule has 0 heterocycles. The zero-order chi connectivity index (χ0) is 16.6. The number of amides is 1. The molecule has 0 radical (unpaired) electrons. The zero-order valence-corrected chi connectivity index (χ0v) is 14.5. The molecule has 3 N–H and O–H groups in total. The van der Waals surface area contributed by atoms with E-state index >= 15 is 0 Å². The molecule has 1 aliphatic rings. The lowest BCUT2D eigenvalue weighted by Crippen LogP contribution is -2.43. The third-order valence-electron chi connectivity index (χ3n) is 3.58. The number of aliphatic imine (C=N–C) groups is 1. The summed E-state index contributed by atoms with van der Waals surface area (Å²) >= 11 is 0. The monoisotopic (exact) mass is 312 g/mol. The Balaban J connectivity index is 2.31. The minimum Gasteiger partial charge on any atom is -0.444 e. The van der Waals surface area contributed by atoms with E-state index in [0.29, 0.717) is 31.5 Å². The third kappa shape index (κ3) is 7.52. The molecule has 128 valence electrons. The van der Waals surface area contributed by atoms with Crippen LogP contribution in [0.2, 0.25) is 0 Å². The van der Waals surface area contributed by atoms with Crippen LogP contribution in [0.25, 0.3) is 0 Å². The smallest absolute Gasteiger partial charge is 0.410 e. The van der Waals surface area contributed by atoms with Gasteiger partial charge in [0.2, 0.25) is 0 Å². The van der Waals surface area contributed by atoms with Crippen LogP contribution < -0.4 is 11.1 Å². The van der Waals surface area contributed by atoms with Crippen molar-refractivity contribution in [3.05, 3.63) is 0 Å². The van der Waals surface area contributed by atoms with Crippen LogP contribution in [0.3, 0.4) is 0 Å². The normalized spacial score (nSPS) is 16.1. The van der Waals surface area contributed by atoms with Crippen molar-refractivity contribution in [2.75, 3.05) is 26.2 Å². The van der Waals surface area contributed by atoms with Crippen molar-refractivity contribution in [1.82, 2.24) is 10.2 Å². The summed E-state index contributed by atoms with van der Waals surface area (Å²) in [4.78, 5) is 18.1. The van der Waals surface area contributed by atoms with Gasteiger partial charge >= 0.3 is 6.09 Å². The highest BCUT2D eigenvalue weighted by molar-refractivity contribution is 5.77. The Labute approximate surface area is 134 Å². The number of hydrogen-bond donors (Lipinski definition) is 2. The van der Waals surface area contributed by atoms with E-state index in [9.17, 15) is 4.79 Å². The van der Waals surface area contributed by atoms with Gasteiger partial charge in [0.1, 0.15) is 5.60 Å². The van der Waals surface area contributed by atoms with Gasteiger partial charge in [0.25, 0.3) is 0 Å². The predicted octanol–water partition coefficient (Wildman–Crippen LogP) is 2.34. The van der Waals surface area contributed by atoms with Crippen molar-refractivity contribution in [3.8, 4) is 0 Å². The summed E-state index contributed by atoms with van der Waals surface area (Å²) in [6.07, 6.45) is 4.46. The van der Waals surface area contributed by atoms with Crippen molar-refractivity contribution in [1.29, 1.82) is 0 Å². The summed E-state index contributed by atoms with van der Waals surface area (Å²) in [5.41, 5.74) is 5.37. The summed E-state index contributed by atoms with van der Waals surface area (Å²) in [5, 5.41) is 3.07. The fraction of sp³-hybridized carbons (Fsp3) is 0.875. The van der Waals surface area contributed by atoms with Gasteiger partial charge < -0.3 is 20.7 Å². The van der Waals surface area contributed by atoms with Crippen LogP contribution in [0.5, 0.6) is 0 Å². The molecular weight excluding hydrogens is 280 g/mol. The third-order valence-corrected chi connectivity index (χ3v) is 3.58. The molecule has 0 aromatic heterocycles. The standard InChI is InChI=1S/C16H32N4O2/c1-5-10-20(15(21)22-16(2,3)4)11-9-18-14(17)19-12-13-7-6-8-13/h13H,5-12H2,1-4H3,(H3,17,18,19). The average molecular weight is 312 g/mol. The number of nitrogens with one attached hydrogen (secondary N) is 1. The summed E-state index contributed by atoms with van der Waals surface area (Å²) in [5.74, 6) is 1.17. The molecule has 6 heteroatoms. The first-order valence-electron chi connectivity index (χ1n) is 8.33. The highest BCUT2D eigenvalue weighted by Crippen LogP contribution is 2.26. The van der Waals surface area contributed by atoms with E-state index < -0.39 is 5.60 Å². The molecule has 1 rings (SSSR count). The van der Waals surface area contributed by atoms with Crippen molar-refractivity contribution >= 4 is 12.1 Å². The molecule has 0 spiro atoms. The first-order valence-corrected chi connectivity index (χ1v) is 8.33. The van der Waals surface area contributed by atoms with E-state index in [-0.39, 0.29) is 6.09 Å². The Bertz CT molecular complexity index is 373. The Morgan fingerprint density at radius 1 is 1.36 bits per heavy atom. The number of carbonyl (C=O) groups excluding carboxylic acids is 1. The Hall–Kier alpha value is -1.46. The van der Waals surface area contributed by atoms with Gasteiger partial charge in [-0.3, -0.25) is 4.99 Å². The fourth-order valence-electron chi connectivity index (χ4n) is 2.17. The van der Waals surface area contributed by atoms with Crippen molar-refractivity contribution in [3.63, 3.8) is 0 Å². The summed E-state index contributed by atoms with van der Waals surface area (Å²) < 4.78 is 5.41. The number of guanidine groups is 1. The molecule has 0 saturated heterocycles. The second-order valence-corrected chi connectivity index (χ2v) is 6.92. The molecule has 1 fully saturated rings. The summed E-state index contributed by atoms with van der Waals surface area (Å²) in [6.45, 7) is 10.3. The van der Waals surface area contributed by atoms with Crippen LogP contribution in [-0.4, -0.2) is 48.7 Å². The highest BCUT2D eigenvalue weighted by Gasteiger charge is 2.21. The molecular formula is C16H32N4O2. The van der Waals surface area contributed by atoms with Crippen molar-refractivity contribution in [2.24, 2.45) is 16.6 Å². The first kappa shape index (κ1) is 18.6. The number of rotatable bonds is 7. The number of hydrogen-bond acceptors (Lipinski definition) is 3. The molecule has 1 amide bonds. The molecule has 1 saturated carbocycles. The van der Waals surface area contributed by atoms with E-state index in [1.54, 1.807) is 4.90 Å². The molecule has 0 atom stereocenters. The maximum atomic E-state index is 12.1. The van der Waals surface area contributed by atoms with E-state index in [2.05, 4.69) is 10.3 Å². The first-order chi connectivity index (χ1) is 10.3. The molecule has 0 bridgehead atoms. The van der Waals surface area contributed by atoms with Gasteiger partial charge in [-0.2, -0.15) is 0 Å². The van der Waals surface area contributed by atoms with Crippen molar-refractivity contribution < 1.29 is 9.53 Å². The molecule has 1 aliphatic carbocycles. The highest BCUT2D eigenvalue weighted by atomic mass is 16.6. The largest absolute Gasteiger partial charge is 0.444 e. The minimum absolute atomic E-state index is 0.277. The number of ether oxygens (including phenoxy) is 1. The van der Waals surface area contributed by atoms with E-state index in [4.69, 9.17) is 10.5 Å². The van der Waals surface area contributed by atoms with E-state index in [0.717, 1.165) is 13.0 Å². The lowest BCUT2D eigenvalue weighted by Gasteiger charge is -2.27. The number of nitrogens with zero attached hydrogens (tertiary/aromatic N) is 2. The molecule has 0 aromatic carbocycles. The lowest BCUT2D eigenvalue weighted by molar-refractivity contribution is 0.0253. The number of nitrogens with two attached hydrogens (primary N) is 1. The van der Waals surface area contributed by atoms with E-state index in [1.165, 1.54) is 19.3 Å². The van der Waals surface area contributed by atoms with Crippen LogP contribution in [-0.2, 0) is 4.74 Å². The quantitative estimate of drug-likeness (QED) is 0.558. The van der Waals surface area contributed by atoms with E-state index in [1.807, 2.05) is 27.7 Å². The second kappa shape index (κ2) is 8.86. The Kier molecular flexibility index (Phi) is 7.48. The van der Waals surface area contributed by atoms with Gasteiger partial charge in [-0.25, -0.2) is 4.79 Å². The summed E-state index contributed by atoms with van der Waals surface area (Å²) in [7, 11) is 0. The van der Waals surface area contributed by atoms with Gasteiger partial charge in [0.05, 0.1) is 0 Å². The van der Waals surface area contributed by atoms with Gasteiger partial charge in [-0.05, 0) is 46.0 Å². The molecule has 0 unspecified atom stereocenters. The SMILES string of the molecule is CCCN(CCNC(N)=NCC1CCC1)C(=O)OC(C)(C)C. The van der Waals surface area contributed by atoms with Gasteiger partial charge in [0.15, 0.2) is 5.96 Å². The van der Waals surface area contributed by atoms with Gasteiger partial charge in [-0.1, -0.05) is 13.3 Å².